The third kappa shape index (κ3) is 5.63. The van der Waals surface area contributed by atoms with Gasteiger partial charge >= 0.3 is 17.9 Å². The lowest BCUT2D eigenvalue weighted by atomic mass is 9.77. The summed E-state index contributed by atoms with van der Waals surface area (Å²) in [5.41, 5.74) is 1.33. The van der Waals surface area contributed by atoms with Crippen LogP contribution in [-0.4, -0.2) is 33.7 Å². The van der Waals surface area contributed by atoms with Crippen molar-refractivity contribution in [3.8, 4) is 0 Å². The summed E-state index contributed by atoms with van der Waals surface area (Å²) in [6.07, 6.45) is 3.61. The molecule has 0 bridgehead atoms. The van der Waals surface area contributed by atoms with Gasteiger partial charge in [-0.25, -0.2) is 14.4 Å². The number of allylic oxidation sites excluding steroid dienone is 2. The number of rotatable bonds is 7. The Morgan fingerprint density at radius 2 is 1.52 bits per heavy atom. The van der Waals surface area contributed by atoms with Crippen LogP contribution in [0.5, 0.6) is 0 Å². The maximum Gasteiger partial charge on any atom is 0.334 e. The Labute approximate surface area is 182 Å². The third-order valence-corrected chi connectivity index (χ3v) is 4.81. The normalized spacial score (nSPS) is 15.3. The minimum atomic E-state index is -1.19. The summed E-state index contributed by atoms with van der Waals surface area (Å²) in [6, 6.07) is 6.87. The molecule has 7 heteroatoms. The van der Waals surface area contributed by atoms with Crippen LogP contribution in [-0.2, 0) is 19.1 Å². The Hall–Kier alpha value is -3.35. The van der Waals surface area contributed by atoms with Gasteiger partial charge in [-0.2, -0.15) is 0 Å². The lowest BCUT2D eigenvalue weighted by molar-refractivity contribution is -0.148. The van der Waals surface area contributed by atoms with Crippen LogP contribution in [0.15, 0.2) is 52.9 Å². The molecule has 0 radical (unpaired) electrons. The molecule has 3 N–H and O–H groups in total. The van der Waals surface area contributed by atoms with E-state index in [1.54, 1.807) is 45.0 Å². The number of nitrogens with one attached hydrogen (secondary N) is 1. The summed E-state index contributed by atoms with van der Waals surface area (Å²) in [6.45, 7) is 8.90. The van der Waals surface area contributed by atoms with Crippen molar-refractivity contribution in [3.63, 3.8) is 0 Å². The van der Waals surface area contributed by atoms with Crippen LogP contribution in [0.2, 0.25) is 0 Å². The smallest absolute Gasteiger partial charge is 0.334 e. The largest absolute Gasteiger partial charge is 0.478 e. The molecule has 1 aliphatic heterocycles. The number of carboxylic acid groups (broad SMARTS) is 2. The standard InChI is InChI=1S/C24H29NO6/c1-6-16-20(22(27)28)19(21(23(29)30)17(7-2)25-16)15-11-9-8-10-14(15)12-13-18(26)31-24(3,4)5/h8-13,19,25H,6-7H2,1-5H3,(H,27,28)(H,29,30)/b13-12+. The molecule has 1 aromatic carbocycles. The number of aliphatic carboxylic acids is 2. The summed E-state index contributed by atoms with van der Waals surface area (Å²) in [7, 11) is 0. The van der Waals surface area contributed by atoms with E-state index in [2.05, 4.69) is 5.32 Å². The molecule has 7 nitrogen and oxygen atoms in total. The van der Waals surface area contributed by atoms with Crippen molar-refractivity contribution >= 4 is 24.0 Å². The summed E-state index contributed by atoms with van der Waals surface area (Å²) < 4.78 is 5.29. The summed E-state index contributed by atoms with van der Waals surface area (Å²) in [5.74, 6) is -3.90. The van der Waals surface area contributed by atoms with Gasteiger partial charge in [0.05, 0.1) is 17.1 Å². The van der Waals surface area contributed by atoms with Crippen molar-refractivity contribution in [2.75, 3.05) is 0 Å². The van der Waals surface area contributed by atoms with Crippen LogP contribution < -0.4 is 5.32 Å². The molecule has 0 spiro atoms. The number of esters is 1. The molecular weight excluding hydrogens is 398 g/mol. The van der Waals surface area contributed by atoms with Gasteiger partial charge in [-0.05, 0) is 50.8 Å². The number of hydrogen-bond donors (Lipinski definition) is 3. The second-order valence-corrected chi connectivity index (χ2v) is 8.16. The molecule has 0 aromatic heterocycles. The van der Waals surface area contributed by atoms with Crippen molar-refractivity contribution in [1.82, 2.24) is 5.32 Å². The van der Waals surface area contributed by atoms with Gasteiger partial charge < -0.3 is 20.3 Å². The number of ether oxygens (including phenoxy) is 1. The molecule has 0 unspecified atom stereocenters. The van der Waals surface area contributed by atoms with E-state index in [9.17, 15) is 24.6 Å². The number of hydrogen-bond acceptors (Lipinski definition) is 5. The highest BCUT2D eigenvalue weighted by molar-refractivity contribution is 5.99. The second kappa shape index (κ2) is 9.64. The number of dihydropyridines is 1. The van der Waals surface area contributed by atoms with Gasteiger partial charge in [-0.1, -0.05) is 38.1 Å². The zero-order chi connectivity index (χ0) is 23.3. The predicted octanol–water partition coefficient (Wildman–Crippen LogP) is 4.23. The molecule has 2 rings (SSSR count). The SMILES string of the molecule is CCC1=C(C(=O)O)C(c2ccccc2/C=C/C(=O)OC(C)(C)C)C(C(=O)O)=C(CC)N1. The van der Waals surface area contributed by atoms with Crippen LogP contribution in [0.4, 0.5) is 0 Å². The molecule has 31 heavy (non-hydrogen) atoms. The maximum absolute atomic E-state index is 12.2. The van der Waals surface area contributed by atoms with E-state index in [1.165, 1.54) is 12.2 Å². The fraction of sp³-hybridized carbons (Fsp3) is 0.375. The second-order valence-electron chi connectivity index (χ2n) is 8.16. The highest BCUT2D eigenvalue weighted by atomic mass is 16.6. The zero-order valence-electron chi connectivity index (χ0n) is 18.5. The van der Waals surface area contributed by atoms with Crippen LogP contribution in [0.1, 0.15) is 64.5 Å². The van der Waals surface area contributed by atoms with Crippen LogP contribution >= 0.6 is 0 Å². The average molecular weight is 427 g/mol. The molecule has 0 atom stereocenters. The molecule has 1 heterocycles. The van der Waals surface area contributed by atoms with Gasteiger partial charge in [0.2, 0.25) is 0 Å². The zero-order valence-corrected chi connectivity index (χ0v) is 18.5. The number of carboxylic acids is 2. The molecule has 0 amide bonds. The summed E-state index contributed by atoms with van der Waals surface area (Å²) in [5, 5.41) is 22.9. The van der Waals surface area contributed by atoms with Gasteiger partial charge in [0.25, 0.3) is 0 Å². The van der Waals surface area contributed by atoms with Crippen molar-refractivity contribution < 1.29 is 29.3 Å². The highest BCUT2D eigenvalue weighted by Gasteiger charge is 2.38. The summed E-state index contributed by atoms with van der Waals surface area (Å²) >= 11 is 0. The van der Waals surface area contributed by atoms with E-state index in [-0.39, 0.29) is 11.1 Å². The van der Waals surface area contributed by atoms with Gasteiger partial charge in [0.1, 0.15) is 5.60 Å². The first kappa shape index (κ1) is 23.9. The van der Waals surface area contributed by atoms with Crippen LogP contribution in [0.25, 0.3) is 6.08 Å². The highest BCUT2D eigenvalue weighted by Crippen LogP contribution is 2.41. The van der Waals surface area contributed by atoms with Crippen LogP contribution in [0.3, 0.4) is 0 Å². The lowest BCUT2D eigenvalue weighted by Gasteiger charge is -2.31. The van der Waals surface area contributed by atoms with Crippen molar-refractivity contribution in [1.29, 1.82) is 0 Å². The van der Waals surface area contributed by atoms with E-state index in [0.717, 1.165) is 0 Å². The van der Waals surface area contributed by atoms with Gasteiger partial charge in [-0.3, -0.25) is 0 Å². The molecular formula is C24H29NO6. The molecule has 1 aromatic rings. The first-order valence-corrected chi connectivity index (χ1v) is 10.2. The van der Waals surface area contributed by atoms with Gasteiger partial charge in [0.15, 0.2) is 0 Å². The number of carbonyl (C=O) groups excluding carboxylic acids is 1. The fourth-order valence-electron chi connectivity index (χ4n) is 3.60. The Morgan fingerprint density at radius 3 is 1.97 bits per heavy atom. The van der Waals surface area contributed by atoms with Crippen molar-refractivity contribution in [2.45, 2.75) is 59.0 Å². The quantitative estimate of drug-likeness (QED) is 0.441. The van der Waals surface area contributed by atoms with E-state index in [1.807, 2.05) is 13.8 Å². The maximum atomic E-state index is 12.2. The molecule has 0 aliphatic carbocycles. The molecule has 0 saturated heterocycles. The Morgan fingerprint density at radius 1 is 1.00 bits per heavy atom. The first-order chi connectivity index (χ1) is 14.5. The molecule has 166 valence electrons. The Balaban J connectivity index is 2.67. The van der Waals surface area contributed by atoms with Gasteiger partial charge in [-0.15, -0.1) is 0 Å². The third-order valence-electron chi connectivity index (χ3n) is 4.81. The minimum absolute atomic E-state index is 0.00443. The van der Waals surface area contributed by atoms with E-state index >= 15 is 0 Å². The molecule has 0 fully saturated rings. The number of benzene rings is 1. The molecule has 0 saturated carbocycles. The van der Waals surface area contributed by atoms with Gasteiger partial charge in [0, 0.05) is 17.5 Å². The Bertz CT molecular complexity index is 940. The average Bonchev–Trinajstić information content (AvgIpc) is 2.69. The first-order valence-electron chi connectivity index (χ1n) is 10.2. The predicted molar refractivity (Wildman–Crippen MR) is 117 cm³/mol. The van der Waals surface area contributed by atoms with Crippen molar-refractivity contribution in [3.05, 3.63) is 64.0 Å². The monoisotopic (exact) mass is 427 g/mol. The lowest BCUT2D eigenvalue weighted by Crippen LogP contribution is -2.32. The molecule has 1 aliphatic rings. The van der Waals surface area contributed by atoms with Crippen LogP contribution in [0, 0.1) is 0 Å². The van der Waals surface area contributed by atoms with E-state index in [4.69, 9.17) is 4.74 Å². The van der Waals surface area contributed by atoms with E-state index < -0.39 is 29.4 Å². The van der Waals surface area contributed by atoms with Crippen molar-refractivity contribution in [2.24, 2.45) is 0 Å². The minimum Gasteiger partial charge on any atom is -0.478 e. The topological polar surface area (TPSA) is 113 Å². The Kier molecular flexibility index (Phi) is 7.44. The number of carbonyl (C=O) groups is 3. The fourth-order valence-corrected chi connectivity index (χ4v) is 3.60. The van der Waals surface area contributed by atoms with E-state index in [0.29, 0.717) is 35.4 Å². The summed E-state index contributed by atoms with van der Waals surface area (Å²) in [4.78, 5) is 36.5.